The SMILES string of the molecule is COc1ccc(N(C(=O)N2CCC(=C(c3ccc(F)cc3)c3ccc(F)cc3)CC2)c2ncccc2[NH2+]O)cc1. The lowest BCUT2D eigenvalue weighted by atomic mass is 9.88. The third kappa shape index (κ3) is 5.70. The van der Waals surface area contributed by atoms with Gasteiger partial charge in [-0.15, -0.1) is 0 Å². The summed E-state index contributed by atoms with van der Waals surface area (Å²) < 4.78 is 32.7. The van der Waals surface area contributed by atoms with Crippen molar-refractivity contribution in [3.8, 4) is 5.75 Å². The molecule has 0 radical (unpaired) electrons. The number of quaternary nitrogens is 1. The van der Waals surface area contributed by atoms with Crippen molar-refractivity contribution in [1.29, 1.82) is 0 Å². The van der Waals surface area contributed by atoms with Crippen molar-refractivity contribution in [3.63, 3.8) is 0 Å². The molecule has 1 fully saturated rings. The molecule has 4 aromatic rings. The molecule has 9 heteroatoms. The molecule has 0 bridgehead atoms. The summed E-state index contributed by atoms with van der Waals surface area (Å²) in [7, 11) is 1.57. The number of carbonyl (C=O) groups excluding carboxylic acids is 1. The Balaban J connectivity index is 1.47. The number of benzene rings is 3. The number of urea groups is 1. The van der Waals surface area contributed by atoms with E-state index in [1.54, 1.807) is 78.9 Å². The van der Waals surface area contributed by atoms with Crippen LogP contribution in [-0.4, -0.2) is 41.3 Å². The Labute approximate surface area is 230 Å². The van der Waals surface area contributed by atoms with Crippen LogP contribution in [0.1, 0.15) is 24.0 Å². The van der Waals surface area contributed by atoms with Crippen LogP contribution in [0.5, 0.6) is 5.75 Å². The van der Waals surface area contributed by atoms with E-state index in [4.69, 9.17) is 4.74 Å². The van der Waals surface area contributed by atoms with Gasteiger partial charge in [-0.2, -0.15) is 5.48 Å². The lowest BCUT2D eigenvalue weighted by molar-refractivity contribution is -0.825. The zero-order chi connectivity index (χ0) is 28.1. The van der Waals surface area contributed by atoms with Crippen LogP contribution in [0.25, 0.3) is 5.57 Å². The molecule has 1 aliphatic rings. The number of rotatable bonds is 6. The maximum atomic E-state index is 14.0. The van der Waals surface area contributed by atoms with Crippen molar-refractivity contribution in [1.82, 2.24) is 9.88 Å². The van der Waals surface area contributed by atoms with Crippen molar-refractivity contribution < 1.29 is 29.0 Å². The van der Waals surface area contributed by atoms with Gasteiger partial charge in [-0.25, -0.2) is 28.7 Å². The molecule has 1 aromatic heterocycles. The van der Waals surface area contributed by atoms with E-state index in [-0.39, 0.29) is 17.7 Å². The highest BCUT2D eigenvalue weighted by molar-refractivity contribution is 6.00. The van der Waals surface area contributed by atoms with Crippen LogP contribution in [-0.2, 0) is 0 Å². The van der Waals surface area contributed by atoms with Gasteiger partial charge in [0.15, 0.2) is 0 Å². The molecule has 0 unspecified atom stereocenters. The van der Waals surface area contributed by atoms with Crippen LogP contribution in [0.2, 0.25) is 0 Å². The molecule has 3 aromatic carbocycles. The number of hydrogen-bond acceptors (Lipinski definition) is 4. The second-order valence-corrected chi connectivity index (χ2v) is 9.34. The molecule has 0 spiro atoms. The monoisotopic (exact) mass is 543 g/mol. The Hall–Kier alpha value is -4.60. The second kappa shape index (κ2) is 12.1. The van der Waals surface area contributed by atoms with Crippen molar-refractivity contribution in [3.05, 3.63) is 119 Å². The molecule has 40 heavy (non-hydrogen) atoms. The van der Waals surface area contributed by atoms with E-state index in [9.17, 15) is 18.8 Å². The lowest BCUT2D eigenvalue weighted by Crippen LogP contribution is -2.74. The van der Waals surface area contributed by atoms with Crippen LogP contribution >= 0.6 is 0 Å². The number of aromatic nitrogens is 1. The maximum Gasteiger partial charge on any atom is 0.330 e. The average Bonchev–Trinajstić information content (AvgIpc) is 3.00. The number of methoxy groups -OCH3 is 1. The van der Waals surface area contributed by atoms with E-state index in [0.29, 0.717) is 48.9 Å². The van der Waals surface area contributed by atoms with E-state index >= 15 is 0 Å². The summed E-state index contributed by atoms with van der Waals surface area (Å²) in [5.41, 5.74) is 5.59. The van der Waals surface area contributed by atoms with Gasteiger partial charge in [-0.1, -0.05) is 29.8 Å². The topological polar surface area (TPSA) is 82.5 Å². The highest BCUT2D eigenvalue weighted by Gasteiger charge is 2.31. The normalized spacial score (nSPS) is 13.2. The van der Waals surface area contributed by atoms with Gasteiger partial charge in [-0.05, 0) is 84.1 Å². The van der Waals surface area contributed by atoms with Gasteiger partial charge in [0.25, 0.3) is 0 Å². The summed E-state index contributed by atoms with van der Waals surface area (Å²) in [6.45, 7) is 0.857. The fraction of sp³-hybridized carbons (Fsp3) is 0.161. The standard InChI is InChI=1S/C31H28F2N4O3/c1-40-27-14-12-26(13-15-27)37(30-28(35-39)3-2-18-34-30)31(38)36-19-16-23(17-20-36)29(21-4-8-24(32)9-5-21)22-6-10-25(33)11-7-22/h2-15,18,35,39H,16-17,19-20H2,1H3/p+1. The Morgan fingerprint density at radius 3 is 2.00 bits per heavy atom. The van der Waals surface area contributed by atoms with Crippen LogP contribution in [0.3, 0.4) is 0 Å². The minimum Gasteiger partial charge on any atom is -0.497 e. The van der Waals surface area contributed by atoms with Gasteiger partial charge in [-0.3, -0.25) is 0 Å². The number of piperidine rings is 1. The van der Waals surface area contributed by atoms with Gasteiger partial charge in [0, 0.05) is 25.4 Å². The first-order valence-corrected chi connectivity index (χ1v) is 12.9. The number of ether oxygens (including phenoxy) is 1. The summed E-state index contributed by atoms with van der Waals surface area (Å²) in [6.07, 6.45) is 2.72. The molecule has 1 saturated heterocycles. The molecule has 3 N–H and O–H groups in total. The molecule has 2 amide bonds. The number of amides is 2. The molecule has 0 saturated carbocycles. The molecule has 0 aliphatic carbocycles. The fourth-order valence-electron chi connectivity index (χ4n) is 4.92. The zero-order valence-corrected chi connectivity index (χ0v) is 21.9. The van der Waals surface area contributed by atoms with Crippen molar-refractivity contribution in [2.45, 2.75) is 12.8 Å². The largest absolute Gasteiger partial charge is 0.497 e. The zero-order valence-electron chi connectivity index (χ0n) is 21.9. The Morgan fingerprint density at radius 2 is 1.48 bits per heavy atom. The third-order valence-corrected chi connectivity index (χ3v) is 6.95. The Kier molecular flexibility index (Phi) is 8.14. The van der Waals surface area contributed by atoms with Gasteiger partial charge < -0.3 is 9.64 Å². The molecule has 204 valence electrons. The molecular formula is C31H29F2N4O3+. The quantitative estimate of drug-likeness (QED) is 0.301. The fourth-order valence-corrected chi connectivity index (χ4v) is 4.92. The number of halogens is 2. The van der Waals surface area contributed by atoms with E-state index < -0.39 is 0 Å². The summed E-state index contributed by atoms with van der Waals surface area (Å²) in [5.74, 6) is 0.285. The van der Waals surface area contributed by atoms with Crippen molar-refractivity contribution in [2.24, 2.45) is 0 Å². The predicted octanol–water partition coefficient (Wildman–Crippen LogP) is 5.81. The minimum atomic E-state index is -0.333. The smallest absolute Gasteiger partial charge is 0.330 e. The minimum absolute atomic E-state index is 0.281. The first-order valence-electron chi connectivity index (χ1n) is 12.9. The third-order valence-electron chi connectivity index (χ3n) is 6.95. The van der Waals surface area contributed by atoms with Gasteiger partial charge in [0.2, 0.25) is 11.5 Å². The number of anilines is 2. The van der Waals surface area contributed by atoms with Crippen LogP contribution in [0.4, 0.5) is 30.8 Å². The summed E-state index contributed by atoms with van der Waals surface area (Å²) >= 11 is 0. The maximum absolute atomic E-state index is 14.0. The number of likely N-dealkylation sites (tertiary alicyclic amines) is 1. The van der Waals surface area contributed by atoms with Gasteiger partial charge in [0.05, 0.1) is 12.8 Å². The van der Waals surface area contributed by atoms with Crippen LogP contribution in [0.15, 0.2) is 96.7 Å². The van der Waals surface area contributed by atoms with Crippen molar-refractivity contribution >= 4 is 28.8 Å². The van der Waals surface area contributed by atoms with E-state index in [0.717, 1.165) is 27.8 Å². The first-order chi connectivity index (χ1) is 19.5. The summed E-state index contributed by atoms with van der Waals surface area (Å²) in [5, 5.41) is 9.85. The lowest BCUT2D eigenvalue weighted by Gasteiger charge is -2.34. The summed E-state index contributed by atoms with van der Waals surface area (Å²) in [4.78, 5) is 21.6. The second-order valence-electron chi connectivity index (χ2n) is 9.34. The van der Waals surface area contributed by atoms with E-state index in [2.05, 4.69) is 4.98 Å². The Morgan fingerprint density at radius 1 is 0.900 bits per heavy atom. The number of nitrogens with zero attached hydrogens (tertiary/aromatic N) is 3. The van der Waals surface area contributed by atoms with Gasteiger partial charge >= 0.3 is 6.03 Å². The Bertz CT molecular complexity index is 1450. The molecule has 5 rings (SSSR count). The molecule has 1 aliphatic heterocycles. The number of pyridine rings is 1. The van der Waals surface area contributed by atoms with Gasteiger partial charge in [0.1, 0.15) is 17.4 Å². The van der Waals surface area contributed by atoms with E-state index in [1.165, 1.54) is 29.2 Å². The number of hydrogen-bond donors (Lipinski definition) is 2. The highest BCUT2D eigenvalue weighted by atomic mass is 19.1. The highest BCUT2D eigenvalue weighted by Crippen LogP contribution is 2.35. The number of nitrogens with two attached hydrogens (primary N) is 1. The van der Waals surface area contributed by atoms with Crippen molar-refractivity contribution in [2.75, 3.05) is 25.1 Å². The molecular weight excluding hydrogens is 514 g/mol. The summed E-state index contributed by atoms with van der Waals surface area (Å²) in [6, 6.07) is 22.7. The van der Waals surface area contributed by atoms with E-state index in [1.807, 2.05) is 0 Å². The molecule has 2 heterocycles. The molecule has 0 atom stereocenters. The van der Waals surface area contributed by atoms with Crippen LogP contribution in [0, 0.1) is 11.6 Å². The first kappa shape index (κ1) is 27.0. The average molecular weight is 544 g/mol. The van der Waals surface area contributed by atoms with Crippen LogP contribution < -0.4 is 15.1 Å². The predicted molar refractivity (Wildman–Crippen MR) is 148 cm³/mol. The number of carbonyl (C=O) groups is 1. The molecule has 7 nitrogen and oxygen atoms in total.